The van der Waals surface area contributed by atoms with Gasteiger partial charge in [-0.1, -0.05) is 12.0 Å². The van der Waals surface area contributed by atoms with Crippen molar-refractivity contribution in [2.45, 2.75) is 38.1 Å². The molecule has 0 amide bonds. The average Bonchev–Trinajstić information content (AvgIpc) is 3.18. The predicted molar refractivity (Wildman–Crippen MR) is 64.4 cm³/mol. The maximum atomic E-state index is 11.9. The van der Waals surface area contributed by atoms with E-state index in [0.29, 0.717) is 19.0 Å². The minimum absolute atomic E-state index is 0.175. The first kappa shape index (κ1) is 13.8. The normalized spacial score (nSPS) is 18.0. The predicted octanol–water partition coefficient (Wildman–Crippen LogP) is 2.01. The number of nitrogens with one attached hydrogen (secondary N) is 1. The van der Waals surface area contributed by atoms with Crippen LogP contribution in [-0.2, 0) is 9.53 Å². The Morgan fingerprint density at radius 1 is 1.65 bits per heavy atom. The molecule has 0 spiro atoms. The van der Waals surface area contributed by atoms with E-state index in [-0.39, 0.29) is 5.97 Å². The van der Waals surface area contributed by atoms with Crippen LogP contribution in [0, 0.1) is 5.92 Å². The van der Waals surface area contributed by atoms with Gasteiger partial charge in [-0.05, 0) is 43.7 Å². The molecule has 1 aliphatic rings. The van der Waals surface area contributed by atoms with E-state index in [0.717, 1.165) is 25.7 Å². The highest BCUT2D eigenvalue weighted by Crippen LogP contribution is 2.42. The number of methoxy groups -OCH3 is 1. The molecule has 1 aliphatic carbocycles. The van der Waals surface area contributed by atoms with E-state index in [4.69, 9.17) is 10.3 Å². The zero-order valence-electron chi connectivity index (χ0n) is 10.5. The first-order valence-corrected chi connectivity index (χ1v) is 6.05. The van der Waals surface area contributed by atoms with Crippen LogP contribution in [0.4, 0.5) is 0 Å². The summed E-state index contributed by atoms with van der Waals surface area (Å²) >= 11 is 0. The molecular weight excluding hydrogens is 220 g/mol. The van der Waals surface area contributed by atoms with Crippen LogP contribution in [0.25, 0.3) is 10.4 Å². The summed E-state index contributed by atoms with van der Waals surface area (Å²) in [5.41, 5.74) is 7.62. The summed E-state index contributed by atoms with van der Waals surface area (Å²) < 4.78 is 4.90. The van der Waals surface area contributed by atoms with E-state index in [1.807, 2.05) is 6.92 Å². The Balaban J connectivity index is 2.51. The van der Waals surface area contributed by atoms with Crippen LogP contribution < -0.4 is 5.32 Å². The number of carbonyl (C=O) groups is 1. The molecule has 1 rings (SSSR count). The Kier molecular flexibility index (Phi) is 5.25. The van der Waals surface area contributed by atoms with Crippen LogP contribution in [-0.4, -0.2) is 31.7 Å². The summed E-state index contributed by atoms with van der Waals surface area (Å²) in [5, 5.41) is 6.76. The van der Waals surface area contributed by atoms with Gasteiger partial charge >= 0.3 is 5.97 Å². The van der Waals surface area contributed by atoms with Gasteiger partial charge in [0, 0.05) is 11.5 Å². The molecule has 0 aromatic heterocycles. The van der Waals surface area contributed by atoms with E-state index in [1.54, 1.807) is 0 Å². The number of hydrogen-bond acceptors (Lipinski definition) is 4. The van der Waals surface area contributed by atoms with Crippen molar-refractivity contribution in [3.63, 3.8) is 0 Å². The maximum absolute atomic E-state index is 11.9. The maximum Gasteiger partial charge on any atom is 0.326 e. The molecular formula is C11H20N4O2. The van der Waals surface area contributed by atoms with Crippen molar-refractivity contribution in [1.82, 2.24) is 5.32 Å². The van der Waals surface area contributed by atoms with Crippen LogP contribution in [0.1, 0.15) is 32.6 Å². The van der Waals surface area contributed by atoms with Crippen molar-refractivity contribution in [2.24, 2.45) is 11.0 Å². The smallest absolute Gasteiger partial charge is 0.326 e. The number of carbonyl (C=O) groups excluding carboxylic acids is 1. The quantitative estimate of drug-likeness (QED) is 0.231. The van der Waals surface area contributed by atoms with Crippen molar-refractivity contribution in [3.05, 3.63) is 10.4 Å². The fourth-order valence-electron chi connectivity index (χ4n) is 2.21. The van der Waals surface area contributed by atoms with Gasteiger partial charge in [0.1, 0.15) is 5.54 Å². The van der Waals surface area contributed by atoms with E-state index in [9.17, 15) is 4.79 Å². The fraction of sp³-hybridized carbons (Fsp3) is 0.909. The highest BCUT2D eigenvalue weighted by Gasteiger charge is 2.50. The van der Waals surface area contributed by atoms with Crippen molar-refractivity contribution in [1.29, 1.82) is 0 Å². The Morgan fingerprint density at radius 3 is 2.82 bits per heavy atom. The lowest BCUT2D eigenvalue weighted by Gasteiger charge is -2.31. The summed E-state index contributed by atoms with van der Waals surface area (Å²) in [7, 11) is 1.43. The van der Waals surface area contributed by atoms with Crippen molar-refractivity contribution >= 4 is 5.97 Å². The van der Waals surface area contributed by atoms with E-state index in [1.165, 1.54) is 7.11 Å². The third-order valence-electron chi connectivity index (χ3n) is 3.32. The summed E-state index contributed by atoms with van der Waals surface area (Å²) in [5.74, 6) is 0.214. The number of hydrogen-bond donors (Lipinski definition) is 1. The van der Waals surface area contributed by atoms with E-state index in [2.05, 4.69) is 15.3 Å². The molecule has 96 valence electrons. The van der Waals surface area contributed by atoms with Crippen molar-refractivity contribution in [3.8, 4) is 0 Å². The van der Waals surface area contributed by atoms with E-state index < -0.39 is 5.54 Å². The third kappa shape index (κ3) is 3.35. The van der Waals surface area contributed by atoms with Gasteiger partial charge in [0.2, 0.25) is 0 Å². The lowest BCUT2D eigenvalue weighted by molar-refractivity contribution is -0.150. The van der Waals surface area contributed by atoms with Crippen molar-refractivity contribution in [2.75, 3.05) is 20.2 Å². The van der Waals surface area contributed by atoms with Crippen LogP contribution >= 0.6 is 0 Å². The summed E-state index contributed by atoms with van der Waals surface area (Å²) in [6, 6.07) is 0. The molecule has 0 bridgehead atoms. The number of azide groups is 1. The summed E-state index contributed by atoms with van der Waals surface area (Å²) in [6.07, 6.45) is 3.61. The van der Waals surface area contributed by atoms with E-state index >= 15 is 0 Å². The molecule has 6 heteroatoms. The average molecular weight is 240 g/mol. The zero-order valence-corrected chi connectivity index (χ0v) is 10.5. The lowest BCUT2D eigenvalue weighted by Crippen LogP contribution is -2.54. The molecule has 6 nitrogen and oxygen atoms in total. The minimum atomic E-state index is -0.537. The van der Waals surface area contributed by atoms with Gasteiger partial charge in [0.15, 0.2) is 0 Å². The molecule has 1 fully saturated rings. The van der Waals surface area contributed by atoms with Gasteiger partial charge < -0.3 is 10.1 Å². The molecule has 17 heavy (non-hydrogen) atoms. The Morgan fingerprint density at radius 2 is 2.35 bits per heavy atom. The summed E-state index contributed by atoms with van der Waals surface area (Å²) in [4.78, 5) is 14.6. The van der Waals surface area contributed by atoms with Crippen LogP contribution in [0.2, 0.25) is 0 Å². The monoisotopic (exact) mass is 240 g/mol. The largest absolute Gasteiger partial charge is 0.468 e. The molecule has 0 aromatic carbocycles. The van der Waals surface area contributed by atoms with Crippen LogP contribution in [0.5, 0.6) is 0 Å². The van der Waals surface area contributed by atoms with Gasteiger partial charge in [-0.15, -0.1) is 0 Å². The molecule has 0 heterocycles. The second-order valence-electron chi connectivity index (χ2n) is 4.33. The number of ether oxygens (including phenoxy) is 1. The van der Waals surface area contributed by atoms with Gasteiger partial charge in [-0.2, -0.15) is 0 Å². The fourth-order valence-corrected chi connectivity index (χ4v) is 2.21. The zero-order chi connectivity index (χ0) is 12.7. The standard InChI is InChI=1S/C11H20N4O2/c1-3-11(9-5-6-9,10(16)17-2)13-7-4-8-14-15-12/h9,13H,3-8H2,1-2H3. The Labute approximate surface area is 101 Å². The molecule has 1 atom stereocenters. The number of esters is 1. The highest BCUT2D eigenvalue weighted by molar-refractivity contribution is 5.81. The molecule has 1 N–H and O–H groups in total. The molecule has 1 unspecified atom stereocenters. The van der Waals surface area contributed by atoms with Crippen LogP contribution in [0.15, 0.2) is 5.11 Å². The van der Waals surface area contributed by atoms with Crippen molar-refractivity contribution < 1.29 is 9.53 Å². The second kappa shape index (κ2) is 6.47. The highest BCUT2D eigenvalue weighted by atomic mass is 16.5. The molecule has 0 aromatic rings. The van der Waals surface area contributed by atoms with Gasteiger partial charge in [-0.25, -0.2) is 0 Å². The molecule has 0 saturated heterocycles. The summed E-state index contributed by atoms with van der Waals surface area (Å²) in [6.45, 7) is 3.11. The molecule has 0 radical (unpaired) electrons. The topological polar surface area (TPSA) is 87.1 Å². The van der Waals surface area contributed by atoms with Gasteiger partial charge in [0.25, 0.3) is 0 Å². The lowest BCUT2D eigenvalue weighted by atomic mass is 9.90. The minimum Gasteiger partial charge on any atom is -0.468 e. The van der Waals surface area contributed by atoms with Crippen LogP contribution in [0.3, 0.4) is 0 Å². The Bertz CT molecular complexity index is 311. The second-order valence-corrected chi connectivity index (χ2v) is 4.33. The molecule has 0 aliphatic heterocycles. The van der Waals surface area contributed by atoms with Gasteiger partial charge in [0.05, 0.1) is 7.11 Å². The molecule has 1 saturated carbocycles. The SMILES string of the molecule is CCC(NCCCN=[N+]=[N-])(C(=O)OC)C1CC1. The first-order chi connectivity index (χ1) is 8.21. The third-order valence-corrected chi connectivity index (χ3v) is 3.32. The van der Waals surface area contributed by atoms with Gasteiger partial charge in [-0.3, -0.25) is 4.79 Å². The number of rotatable bonds is 8. The first-order valence-electron chi connectivity index (χ1n) is 6.05. The number of nitrogens with zero attached hydrogens (tertiary/aromatic N) is 3. The Hall–Kier alpha value is -1.26.